The number of nitrogens with zero attached hydrogens (tertiary/aromatic N) is 2. The van der Waals surface area contributed by atoms with Crippen molar-refractivity contribution in [2.75, 3.05) is 14.2 Å². The number of benzene rings is 2. The van der Waals surface area contributed by atoms with Gasteiger partial charge in [0.05, 0.1) is 40.8 Å². The normalized spacial score (nSPS) is 10.6. The first-order valence-electron chi connectivity index (χ1n) is 10.3. The third kappa shape index (κ3) is 4.75. The second-order valence-corrected chi connectivity index (χ2v) is 8.62. The van der Waals surface area contributed by atoms with Gasteiger partial charge in [0.25, 0.3) is 17.5 Å². The minimum atomic E-state index is -0.655. The highest BCUT2D eigenvalue weighted by Crippen LogP contribution is 2.33. The number of methoxy groups -OCH3 is 2. The monoisotopic (exact) mass is 492 g/mol. The Morgan fingerprint density at radius 2 is 1.69 bits per heavy atom. The molecule has 2 aromatic carbocycles. The lowest BCUT2D eigenvalue weighted by Gasteiger charge is -2.13. The van der Waals surface area contributed by atoms with E-state index in [4.69, 9.17) is 9.47 Å². The SMILES string of the molecule is COc1ccc(-c2cc(C(=O)NNC(=O)c3cc([N+](=O)[O-])c(C)s3)c3ccccc3n2)cc1OC. The van der Waals surface area contributed by atoms with Crippen LogP contribution in [0.15, 0.2) is 54.6 Å². The molecule has 2 heterocycles. The maximum absolute atomic E-state index is 13.1. The Kier molecular flexibility index (Phi) is 6.60. The van der Waals surface area contributed by atoms with Crippen molar-refractivity contribution in [3.05, 3.63) is 80.0 Å². The van der Waals surface area contributed by atoms with Crippen LogP contribution in [0.1, 0.15) is 24.9 Å². The van der Waals surface area contributed by atoms with E-state index < -0.39 is 16.7 Å². The van der Waals surface area contributed by atoms with Crippen LogP contribution in [0.3, 0.4) is 0 Å². The summed E-state index contributed by atoms with van der Waals surface area (Å²) >= 11 is 0.970. The summed E-state index contributed by atoms with van der Waals surface area (Å²) < 4.78 is 10.7. The fourth-order valence-corrected chi connectivity index (χ4v) is 4.40. The first-order valence-corrected chi connectivity index (χ1v) is 11.1. The fourth-order valence-electron chi connectivity index (χ4n) is 3.51. The summed E-state index contributed by atoms with van der Waals surface area (Å²) in [4.78, 5) is 41.2. The number of nitrogens with one attached hydrogen (secondary N) is 2. The summed E-state index contributed by atoms with van der Waals surface area (Å²) in [6, 6.07) is 15.2. The highest BCUT2D eigenvalue weighted by Gasteiger charge is 2.21. The molecule has 0 bridgehead atoms. The van der Waals surface area contributed by atoms with Crippen molar-refractivity contribution >= 4 is 39.7 Å². The molecule has 0 atom stereocenters. The lowest BCUT2D eigenvalue weighted by Crippen LogP contribution is -2.41. The Bertz CT molecular complexity index is 1470. The molecular formula is C24H20N4O6S. The average Bonchev–Trinajstić information content (AvgIpc) is 3.27. The quantitative estimate of drug-likeness (QED) is 0.303. The third-order valence-electron chi connectivity index (χ3n) is 5.24. The number of aryl methyl sites for hydroxylation is 1. The van der Waals surface area contributed by atoms with Crippen molar-refractivity contribution in [2.45, 2.75) is 6.92 Å². The molecule has 0 aliphatic heterocycles. The maximum Gasteiger partial charge on any atom is 0.283 e. The molecule has 2 aromatic heterocycles. The predicted molar refractivity (Wildman–Crippen MR) is 131 cm³/mol. The van der Waals surface area contributed by atoms with E-state index in [1.54, 1.807) is 49.4 Å². The number of nitro groups is 1. The Morgan fingerprint density at radius 1 is 0.971 bits per heavy atom. The molecule has 4 rings (SSSR count). The third-order valence-corrected chi connectivity index (χ3v) is 6.28. The van der Waals surface area contributed by atoms with E-state index in [1.807, 2.05) is 6.07 Å². The van der Waals surface area contributed by atoms with Crippen LogP contribution in [0, 0.1) is 17.0 Å². The zero-order chi connectivity index (χ0) is 25.1. The van der Waals surface area contributed by atoms with E-state index in [-0.39, 0.29) is 16.1 Å². The zero-order valence-corrected chi connectivity index (χ0v) is 19.8. The molecule has 0 aliphatic rings. The van der Waals surface area contributed by atoms with Gasteiger partial charge < -0.3 is 9.47 Å². The van der Waals surface area contributed by atoms with E-state index in [0.29, 0.717) is 38.5 Å². The Balaban J connectivity index is 1.64. The first kappa shape index (κ1) is 23.6. The van der Waals surface area contributed by atoms with E-state index >= 15 is 0 Å². The molecule has 2 amide bonds. The van der Waals surface area contributed by atoms with Crippen LogP contribution in [0.4, 0.5) is 5.69 Å². The van der Waals surface area contributed by atoms with Gasteiger partial charge in [0.15, 0.2) is 11.5 Å². The molecule has 0 fully saturated rings. The van der Waals surface area contributed by atoms with Crippen molar-refractivity contribution in [3.8, 4) is 22.8 Å². The van der Waals surface area contributed by atoms with Crippen LogP contribution < -0.4 is 20.3 Å². The second-order valence-electron chi connectivity index (χ2n) is 7.36. The van der Waals surface area contributed by atoms with Crippen LogP contribution in [-0.4, -0.2) is 35.9 Å². The molecule has 0 saturated carbocycles. The maximum atomic E-state index is 13.1. The Morgan fingerprint density at radius 3 is 2.37 bits per heavy atom. The van der Waals surface area contributed by atoms with Gasteiger partial charge in [0.2, 0.25) is 0 Å². The molecule has 4 aromatic rings. The number of carbonyl (C=O) groups is 2. The lowest BCUT2D eigenvalue weighted by molar-refractivity contribution is -0.385. The van der Waals surface area contributed by atoms with Gasteiger partial charge in [-0.05, 0) is 37.3 Å². The molecule has 2 N–H and O–H groups in total. The van der Waals surface area contributed by atoms with Gasteiger partial charge in [-0.3, -0.25) is 30.6 Å². The second kappa shape index (κ2) is 9.77. The van der Waals surface area contributed by atoms with Crippen molar-refractivity contribution in [3.63, 3.8) is 0 Å². The predicted octanol–water partition coefficient (Wildman–Crippen LogP) is 4.27. The van der Waals surface area contributed by atoms with Crippen molar-refractivity contribution in [2.24, 2.45) is 0 Å². The van der Waals surface area contributed by atoms with Crippen molar-refractivity contribution in [1.82, 2.24) is 15.8 Å². The number of fused-ring (bicyclic) bond motifs is 1. The van der Waals surface area contributed by atoms with Crippen molar-refractivity contribution in [1.29, 1.82) is 0 Å². The molecule has 0 saturated heterocycles. The smallest absolute Gasteiger partial charge is 0.283 e. The molecule has 0 unspecified atom stereocenters. The molecule has 0 spiro atoms. The summed E-state index contributed by atoms with van der Waals surface area (Å²) in [6.07, 6.45) is 0. The van der Waals surface area contributed by atoms with Gasteiger partial charge in [-0.2, -0.15) is 0 Å². The van der Waals surface area contributed by atoms with Gasteiger partial charge >= 0.3 is 0 Å². The number of aromatic nitrogens is 1. The number of para-hydroxylation sites is 1. The number of hydrogen-bond acceptors (Lipinski definition) is 8. The fraction of sp³-hybridized carbons (Fsp3) is 0.125. The summed E-state index contributed by atoms with van der Waals surface area (Å²) in [5.74, 6) is -0.153. The van der Waals surface area contributed by atoms with Crippen molar-refractivity contribution < 1.29 is 24.0 Å². The molecule has 0 radical (unpaired) electrons. The number of hydrazine groups is 1. The van der Waals surface area contributed by atoms with E-state index in [2.05, 4.69) is 15.8 Å². The Labute approximate surface area is 203 Å². The van der Waals surface area contributed by atoms with E-state index in [1.165, 1.54) is 20.3 Å². The van der Waals surface area contributed by atoms with Crippen LogP contribution in [-0.2, 0) is 0 Å². The molecule has 11 heteroatoms. The largest absolute Gasteiger partial charge is 0.493 e. The molecule has 35 heavy (non-hydrogen) atoms. The van der Waals surface area contributed by atoms with Gasteiger partial charge in [0.1, 0.15) is 4.88 Å². The standard InChI is InChI=1S/C24H20N4O6S/c1-13-19(28(31)32)12-22(35-13)24(30)27-26-23(29)16-11-18(25-17-7-5-4-6-15(16)17)14-8-9-20(33-2)21(10-14)34-3/h4-12H,1-3H3,(H,26,29)(H,27,30). The molecule has 178 valence electrons. The summed E-state index contributed by atoms with van der Waals surface area (Å²) in [6.45, 7) is 1.55. The topological polar surface area (TPSA) is 133 Å². The highest BCUT2D eigenvalue weighted by atomic mass is 32.1. The summed E-state index contributed by atoms with van der Waals surface area (Å²) in [5, 5.41) is 11.6. The van der Waals surface area contributed by atoms with Gasteiger partial charge in [-0.25, -0.2) is 4.98 Å². The number of thiophene rings is 1. The average molecular weight is 493 g/mol. The zero-order valence-electron chi connectivity index (χ0n) is 18.9. The number of carbonyl (C=O) groups excluding carboxylic acids is 2. The van der Waals surface area contributed by atoms with Crippen LogP contribution in [0.25, 0.3) is 22.2 Å². The number of rotatable bonds is 6. The van der Waals surface area contributed by atoms with Gasteiger partial charge in [0, 0.05) is 17.0 Å². The molecular weight excluding hydrogens is 472 g/mol. The van der Waals surface area contributed by atoms with E-state index in [9.17, 15) is 19.7 Å². The minimum absolute atomic E-state index is 0.111. The number of hydrogen-bond donors (Lipinski definition) is 2. The Hall–Kier alpha value is -4.51. The lowest BCUT2D eigenvalue weighted by atomic mass is 10.0. The van der Waals surface area contributed by atoms with Gasteiger partial charge in [-0.15, -0.1) is 11.3 Å². The molecule has 10 nitrogen and oxygen atoms in total. The van der Waals surface area contributed by atoms with Crippen LogP contribution in [0.2, 0.25) is 0 Å². The minimum Gasteiger partial charge on any atom is -0.493 e. The molecule has 0 aliphatic carbocycles. The number of amides is 2. The highest BCUT2D eigenvalue weighted by molar-refractivity contribution is 7.14. The first-order chi connectivity index (χ1) is 16.8. The van der Waals surface area contributed by atoms with Gasteiger partial charge in [-0.1, -0.05) is 18.2 Å². The summed E-state index contributed by atoms with van der Waals surface area (Å²) in [5.41, 5.74) is 6.66. The van der Waals surface area contributed by atoms with Crippen LogP contribution in [0.5, 0.6) is 11.5 Å². The van der Waals surface area contributed by atoms with Crippen LogP contribution >= 0.6 is 11.3 Å². The van der Waals surface area contributed by atoms with E-state index in [0.717, 1.165) is 11.3 Å². The number of ether oxygens (including phenoxy) is 2. The number of pyridine rings is 1. The summed E-state index contributed by atoms with van der Waals surface area (Å²) in [7, 11) is 3.07.